The number of nitrogens with one attached hydrogen (secondary N) is 1. The van der Waals surface area contributed by atoms with Crippen LogP contribution in [0.3, 0.4) is 0 Å². The molecule has 0 bridgehead atoms. The van der Waals surface area contributed by atoms with Gasteiger partial charge < -0.3 is 14.8 Å². The maximum Gasteiger partial charge on any atom is 0.166 e. The first-order chi connectivity index (χ1) is 10.6. The third-order valence-corrected chi connectivity index (χ3v) is 4.88. The van der Waals surface area contributed by atoms with Crippen LogP contribution in [0, 0.1) is 5.41 Å². The highest BCUT2D eigenvalue weighted by atomic mass is 35.5. The van der Waals surface area contributed by atoms with E-state index in [-0.39, 0.29) is 18.5 Å². The molecule has 1 N–H and O–H groups in total. The van der Waals surface area contributed by atoms with E-state index in [0.29, 0.717) is 5.41 Å². The van der Waals surface area contributed by atoms with E-state index in [9.17, 15) is 0 Å². The summed E-state index contributed by atoms with van der Waals surface area (Å²) in [6.45, 7) is 9.79. The van der Waals surface area contributed by atoms with Crippen molar-refractivity contribution < 1.29 is 9.47 Å². The van der Waals surface area contributed by atoms with Crippen molar-refractivity contribution in [1.29, 1.82) is 0 Å². The molecule has 0 aromatic heterocycles. The van der Waals surface area contributed by atoms with Gasteiger partial charge in [-0.1, -0.05) is 12.1 Å². The molecule has 1 unspecified atom stereocenters. The minimum Gasteiger partial charge on any atom is -0.493 e. The van der Waals surface area contributed by atoms with Crippen LogP contribution in [0.25, 0.3) is 0 Å². The summed E-state index contributed by atoms with van der Waals surface area (Å²) in [4.78, 5) is 2.56. The van der Waals surface area contributed by atoms with Crippen LogP contribution >= 0.6 is 12.4 Å². The molecule has 0 aliphatic carbocycles. The van der Waals surface area contributed by atoms with E-state index in [1.54, 1.807) is 7.11 Å². The Morgan fingerprint density at radius 2 is 2.13 bits per heavy atom. The van der Waals surface area contributed by atoms with Gasteiger partial charge in [-0.05, 0) is 51.3 Å². The highest BCUT2D eigenvalue weighted by Gasteiger charge is 2.40. The SMILES string of the molecule is COc1cccc(CN2CCC3(CCNC3)C2)c1OC(C)C.Cl. The first-order valence-corrected chi connectivity index (χ1v) is 8.37. The predicted molar refractivity (Wildman–Crippen MR) is 95.8 cm³/mol. The van der Waals surface area contributed by atoms with Crippen molar-refractivity contribution in [2.45, 2.75) is 39.3 Å². The Balaban J connectivity index is 0.00000192. The van der Waals surface area contributed by atoms with Gasteiger partial charge in [-0.3, -0.25) is 4.90 Å². The molecule has 4 nitrogen and oxygen atoms in total. The highest BCUT2D eigenvalue weighted by Crippen LogP contribution is 2.38. The molecule has 2 fully saturated rings. The number of hydrogen-bond acceptors (Lipinski definition) is 4. The second-order valence-electron chi connectivity index (χ2n) is 7.00. The van der Waals surface area contributed by atoms with Crippen molar-refractivity contribution in [3.63, 3.8) is 0 Å². The topological polar surface area (TPSA) is 33.7 Å². The van der Waals surface area contributed by atoms with Crippen LogP contribution in [0.5, 0.6) is 11.5 Å². The molecular weight excluding hydrogens is 312 g/mol. The fraction of sp³-hybridized carbons (Fsp3) is 0.667. The molecule has 0 saturated carbocycles. The minimum absolute atomic E-state index is 0. The molecule has 2 aliphatic rings. The van der Waals surface area contributed by atoms with Crippen molar-refractivity contribution in [2.75, 3.05) is 33.3 Å². The summed E-state index contributed by atoms with van der Waals surface area (Å²) < 4.78 is 11.5. The monoisotopic (exact) mass is 340 g/mol. The van der Waals surface area contributed by atoms with Gasteiger partial charge in [0.2, 0.25) is 0 Å². The zero-order valence-corrected chi connectivity index (χ0v) is 15.2. The van der Waals surface area contributed by atoms with Gasteiger partial charge in [0.1, 0.15) is 0 Å². The summed E-state index contributed by atoms with van der Waals surface area (Å²) in [5.74, 6) is 1.74. The van der Waals surface area contributed by atoms with E-state index in [2.05, 4.69) is 36.2 Å². The molecule has 1 aromatic carbocycles. The second kappa shape index (κ2) is 7.73. The molecule has 0 radical (unpaired) electrons. The predicted octanol–water partition coefficient (Wildman–Crippen LogP) is 3.09. The normalized spacial score (nSPS) is 24.2. The fourth-order valence-electron chi connectivity index (χ4n) is 3.76. The lowest BCUT2D eigenvalue weighted by Crippen LogP contribution is -2.29. The summed E-state index contributed by atoms with van der Waals surface area (Å²) in [5.41, 5.74) is 1.74. The van der Waals surface area contributed by atoms with Gasteiger partial charge in [-0.15, -0.1) is 12.4 Å². The third kappa shape index (κ3) is 4.11. The maximum absolute atomic E-state index is 6.03. The van der Waals surface area contributed by atoms with Crippen molar-refractivity contribution in [3.8, 4) is 11.5 Å². The van der Waals surface area contributed by atoms with Crippen molar-refractivity contribution in [3.05, 3.63) is 23.8 Å². The Morgan fingerprint density at radius 3 is 2.78 bits per heavy atom. The van der Waals surface area contributed by atoms with Crippen molar-refractivity contribution >= 4 is 12.4 Å². The van der Waals surface area contributed by atoms with Crippen LogP contribution in [0.15, 0.2) is 18.2 Å². The van der Waals surface area contributed by atoms with Crippen LogP contribution < -0.4 is 14.8 Å². The summed E-state index contributed by atoms with van der Waals surface area (Å²) in [6.07, 6.45) is 2.78. The third-order valence-electron chi connectivity index (χ3n) is 4.88. The van der Waals surface area contributed by atoms with Gasteiger partial charge in [0, 0.05) is 25.2 Å². The molecule has 1 aromatic rings. The summed E-state index contributed by atoms with van der Waals surface area (Å²) in [5, 5.41) is 3.52. The van der Waals surface area contributed by atoms with Crippen LogP contribution in [0.4, 0.5) is 0 Å². The Morgan fingerprint density at radius 1 is 1.30 bits per heavy atom. The summed E-state index contributed by atoms with van der Waals surface area (Å²) in [7, 11) is 1.71. The quantitative estimate of drug-likeness (QED) is 0.893. The lowest BCUT2D eigenvalue weighted by atomic mass is 9.86. The maximum atomic E-state index is 6.03. The van der Waals surface area contributed by atoms with Gasteiger partial charge in [0.05, 0.1) is 13.2 Å². The zero-order valence-electron chi connectivity index (χ0n) is 14.4. The van der Waals surface area contributed by atoms with Crippen LogP contribution in [-0.4, -0.2) is 44.3 Å². The number of ether oxygens (including phenoxy) is 2. The number of benzene rings is 1. The summed E-state index contributed by atoms with van der Waals surface area (Å²) in [6, 6.07) is 6.20. The zero-order chi connectivity index (χ0) is 15.6. The van der Waals surface area contributed by atoms with Gasteiger partial charge in [0.25, 0.3) is 0 Å². The lowest BCUT2D eigenvalue weighted by Gasteiger charge is -2.24. The molecule has 130 valence electrons. The molecule has 0 amide bonds. The number of likely N-dealkylation sites (tertiary alicyclic amines) is 1. The standard InChI is InChI=1S/C18H28N2O2.ClH/c1-14(2)22-17-15(5-4-6-16(17)21-3)11-20-10-8-18(13-20)7-9-19-12-18;/h4-6,14,19H,7-13H2,1-3H3;1H. The van der Waals surface area contributed by atoms with E-state index >= 15 is 0 Å². The van der Waals surface area contributed by atoms with E-state index in [4.69, 9.17) is 9.47 Å². The Kier molecular flexibility index (Phi) is 6.18. The first kappa shape index (κ1) is 18.4. The van der Waals surface area contributed by atoms with Crippen LogP contribution in [0.2, 0.25) is 0 Å². The van der Waals surface area contributed by atoms with E-state index in [0.717, 1.165) is 18.0 Å². The van der Waals surface area contributed by atoms with Gasteiger partial charge >= 0.3 is 0 Å². The Labute approximate surface area is 145 Å². The van der Waals surface area contributed by atoms with Gasteiger partial charge in [-0.25, -0.2) is 0 Å². The molecule has 2 aliphatic heterocycles. The average Bonchev–Trinajstić information content (AvgIpc) is 3.11. The van der Waals surface area contributed by atoms with E-state index in [1.165, 1.54) is 44.6 Å². The number of rotatable bonds is 5. The second-order valence-corrected chi connectivity index (χ2v) is 7.00. The van der Waals surface area contributed by atoms with Gasteiger partial charge in [-0.2, -0.15) is 0 Å². The molecule has 2 heterocycles. The molecule has 3 rings (SSSR count). The first-order valence-electron chi connectivity index (χ1n) is 8.37. The number of methoxy groups -OCH3 is 1. The molecule has 1 atom stereocenters. The number of para-hydroxylation sites is 1. The largest absolute Gasteiger partial charge is 0.493 e. The van der Waals surface area contributed by atoms with Crippen molar-refractivity contribution in [2.24, 2.45) is 5.41 Å². The molecule has 2 saturated heterocycles. The van der Waals surface area contributed by atoms with E-state index in [1.807, 2.05) is 6.07 Å². The van der Waals surface area contributed by atoms with Crippen molar-refractivity contribution in [1.82, 2.24) is 10.2 Å². The number of hydrogen-bond donors (Lipinski definition) is 1. The molecule has 23 heavy (non-hydrogen) atoms. The Hall–Kier alpha value is -0.970. The summed E-state index contributed by atoms with van der Waals surface area (Å²) >= 11 is 0. The van der Waals surface area contributed by atoms with Gasteiger partial charge in [0.15, 0.2) is 11.5 Å². The smallest absolute Gasteiger partial charge is 0.166 e. The van der Waals surface area contributed by atoms with Crippen LogP contribution in [0.1, 0.15) is 32.3 Å². The number of nitrogens with zero attached hydrogens (tertiary/aromatic N) is 1. The van der Waals surface area contributed by atoms with Crippen LogP contribution in [-0.2, 0) is 6.54 Å². The van der Waals surface area contributed by atoms with E-state index < -0.39 is 0 Å². The molecule has 5 heteroatoms. The molecule has 1 spiro atoms. The number of halogens is 1. The lowest BCUT2D eigenvalue weighted by molar-refractivity contribution is 0.219. The highest BCUT2D eigenvalue weighted by molar-refractivity contribution is 5.85. The molecular formula is C18H29ClN2O2. The fourth-order valence-corrected chi connectivity index (χ4v) is 3.76. The minimum atomic E-state index is 0. The Bertz CT molecular complexity index is 516. The average molecular weight is 341 g/mol.